The zero-order valence-corrected chi connectivity index (χ0v) is 13.6. The molecule has 0 fully saturated rings. The van der Waals surface area contributed by atoms with Crippen molar-refractivity contribution >= 4 is 22.4 Å². The van der Waals surface area contributed by atoms with Gasteiger partial charge in [-0.2, -0.15) is 0 Å². The van der Waals surface area contributed by atoms with Crippen LogP contribution in [0.3, 0.4) is 0 Å². The number of ether oxygens (including phenoxy) is 1. The topological polar surface area (TPSA) is 38.3 Å². The second-order valence-electron chi connectivity index (χ2n) is 5.64. The van der Waals surface area contributed by atoms with Gasteiger partial charge in [-0.25, -0.2) is 8.78 Å². The van der Waals surface area contributed by atoms with Crippen molar-refractivity contribution in [1.29, 1.82) is 0 Å². The first-order valence-electron chi connectivity index (χ1n) is 7.98. The Morgan fingerprint density at radius 3 is 2.48 bits per heavy atom. The SMILES string of the molecule is CC[C@H](Oc1ccc2ccccc2c1)C(=O)Nc1ccc(F)c(F)c1. The molecule has 1 N–H and O–H groups in total. The monoisotopic (exact) mass is 341 g/mol. The van der Waals surface area contributed by atoms with Gasteiger partial charge in [0.1, 0.15) is 5.75 Å². The highest BCUT2D eigenvalue weighted by Crippen LogP contribution is 2.22. The first kappa shape index (κ1) is 16.9. The zero-order valence-electron chi connectivity index (χ0n) is 13.6. The van der Waals surface area contributed by atoms with Crippen LogP contribution in [0.25, 0.3) is 10.8 Å². The summed E-state index contributed by atoms with van der Waals surface area (Å²) >= 11 is 0. The van der Waals surface area contributed by atoms with Crippen molar-refractivity contribution in [3.63, 3.8) is 0 Å². The van der Waals surface area contributed by atoms with Crippen molar-refractivity contribution in [1.82, 2.24) is 0 Å². The van der Waals surface area contributed by atoms with Crippen LogP contribution in [-0.4, -0.2) is 12.0 Å². The Hall–Kier alpha value is -2.95. The third-order valence-corrected chi connectivity index (χ3v) is 3.85. The molecule has 0 radical (unpaired) electrons. The van der Waals surface area contributed by atoms with Crippen LogP contribution in [0.5, 0.6) is 5.75 Å². The summed E-state index contributed by atoms with van der Waals surface area (Å²) in [7, 11) is 0. The highest BCUT2D eigenvalue weighted by atomic mass is 19.2. The van der Waals surface area contributed by atoms with Crippen molar-refractivity contribution in [3.8, 4) is 5.75 Å². The summed E-state index contributed by atoms with van der Waals surface area (Å²) in [6.45, 7) is 1.82. The van der Waals surface area contributed by atoms with Gasteiger partial charge in [0.05, 0.1) is 0 Å². The van der Waals surface area contributed by atoms with Gasteiger partial charge in [0, 0.05) is 11.8 Å². The van der Waals surface area contributed by atoms with Gasteiger partial charge in [-0.3, -0.25) is 4.79 Å². The summed E-state index contributed by atoms with van der Waals surface area (Å²) in [4.78, 5) is 12.4. The van der Waals surface area contributed by atoms with Gasteiger partial charge in [0.15, 0.2) is 17.7 Å². The second kappa shape index (κ2) is 7.30. The fourth-order valence-corrected chi connectivity index (χ4v) is 2.52. The molecule has 3 aromatic carbocycles. The van der Waals surface area contributed by atoms with E-state index in [9.17, 15) is 13.6 Å². The summed E-state index contributed by atoms with van der Waals surface area (Å²) in [6.07, 6.45) is -0.309. The van der Waals surface area contributed by atoms with E-state index < -0.39 is 23.6 Å². The summed E-state index contributed by atoms with van der Waals surface area (Å²) in [5.74, 6) is -1.81. The number of hydrogen-bond acceptors (Lipinski definition) is 2. The largest absolute Gasteiger partial charge is 0.481 e. The highest BCUT2D eigenvalue weighted by molar-refractivity contribution is 5.94. The van der Waals surface area contributed by atoms with E-state index in [1.807, 2.05) is 43.3 Å². The molecule has 128 valence electrons. The molecule has 0 saturated carbocycles. The number of benzene rings is 3. The van der Waals surface area contributed by atoms with Crippen molar-refractivity contribution in [2.45, 2.75) is 19.4 Å². The number of carbonyl (C=O) groups is 1. The normalized spacial score (nSPS) is 12.0. The molecule has 5 heteroatoms. The lowest BCUT2D eigenvalue weighted by Crippen LogP contribution is -2.32. The Morgan fingerprint density at radius 1 is 1.00 bits per heavy atom. The fourth-order valence-electron chi connectivity index (χ4n) is 2.52. The fraction of sp³-hybridized carbons (Fsp3) is 0.150. The lowest BCUT2D eigenvalue weighted by Gasteiger charge is -2.17. The molecule has 0 aliphatic carbocycles. The minimum Gasteiger partial charge on any atom is -0.481 e. The Labute approximate surface area is 144 Å². The van der Waals surface area contributed by atoms with Gasteiger partial charge in [-0.15, -0.1) is 0 Å². The van der Waals surface area contributed by atoms with Crippen molar-refractivity contribution in [3.05, 3.63) is 72.3 Å². The number of anilines is 1. The van der Waals surface area contributed by atoms with E-state index in [0.29, 0.717) is 12.2 Å². The number of nitrogens with one attached hydrogen (secondary N) is 1. The molecule has 0 bridgehead atoms. The van der Waals surface area contributed by atoms with E-state index in [2.05, 4.69) is 5.32 Å². The first-order valence-corrected chi connectivity index (χ1v) is 7.98. The van der Waals surface area contributed by atoms with E-state index in [-0.39, 0.29) is 5.69 Å². The van der Waals surface area contributed by atoms with Crippen LogP contribution in [0.15, 0.2) is 60.7 Å². The molecule has 0 saturated heterocycles. The summed E-state index contributed by atoms with van der Waals surface area (Å²) < 4.78 is 32.0. The number of carbonyl (C=O) groups excluding carboxylic acids is 1. The van der Waals surface area contributed by atoms with Crippen LogP contribution in [0, 0.1) is 11.6 Å². The Balaban J connectivity index is 1.73. The Morgan fingerprint density at radius 2 is 1.76 bits per heavy atom. The van der Waals surface area contributed by atoms with Crippen LogP contribution < -0.4 is 10.1 Å². The average Bonchev–Trinajstić information content (AvgIpc) is 2.62. The van der Waals surface area contributed by atoms with Crippen molar-refractivity contribution < 1.29 is 18.3 Å². The van der Waals surface area contributed by atoms with E-state index in [0.717, 1.165) is 22.9 Å². The maximum atomic E-state index is 13.3. The highest BCUT2D eigenvalue weighted by Gasteiger charge is 2.19. The van der Waals surface area contributed by atoms with Crippen LogP contribution in [0.2, 0.25) is 0 Å². The molecule has 0 spiro atoms. The molecule has 3 aromatic rings. The molecule has 0 heterocycles. The van der Waals surface area contributed by atoms with Crippen LogP contribution in [-0.2, 0) is 4.79 Å². The predicted octanol–water partition coefficient (Wildman–Crippen LogP) is 4.91. The lowest BCUT2D eigenvalue weighted by atomic mass is 10.1. The molecular weight excluding hydrogens is 324 g/mol. The number of amides is 1. The summed E-state index contributed by atoms with van der Waals surface area (Å²) in [5, 5.41) is 4.64. The van der Waals surface area contributed by atoms with E-state index in [1.54, 1.807) is 6.07 Å². The van der Waals surface area contributed by atoms with Gasteiger partial charge in [-0.05, 0) is 41.5 Å². The molecule has 3 nitrogen and oxygen atoms in total. The summed E-state index contributed by atoms with van der Waals surface area (Å²) in [6, 6.07) is 16.6. The molecule has 1 amide bonds. The average molecular weight is 341 g/mol. The summed E-state index contributed by atoms with van der Waals surface area (Å²) in [5.41, 5.74) is 0.185. The third-order valence-electron chi connectivity index (χ3n) is 3.85. The molecule has 3 rings (SSSR count). The van der Waals surface area contributed by atoms with Crippen molar-refractivity contribution in [2.75, 3.05) is 5.32 Å². The Kier molecular flexibility index (Phi) is 4.93. The standard InChI is InChI=1S/C20H17F2NO2/c1-2-19(20(24)23-15-8-10-17(21)18(22)12-15)25-16-9-7-13-5-3-4-6-14(13)11-16/h3-12,19H,2H2,1H3,(H,23,24)/t19-/m0/s1. The zero-order chi connectivity index (χ0) is 17.8. The maximum absolute atomic E-state index is 13.3. The molecule has 25 heavy (non-hydrogen) atoms. The second-order valence-corrected chi connectivity index (χ2v) is 5.64. The van der Waals surface area contributed by atoms with Gasteiger partial charge in [-0.1, -0.05) is 37.3 Å². The van der Waals surface area contributed by atoms with E-state index in [4.69, 9.17) is 4.74 Å². The smallest absolute Gasteiger partial charge is 0.265 e. The molecule has 0 aliphatic rings. The maximum Gasteiger partial charge on any atom is 0.265 e. The van der Waals surface area contributed by atoms with Gasteiger partial charge < -0.3 is 10.1 Å². The molecular formula is C20H17F2NO2. The number of rotatable bonds is 5. The van der Waals surface area contributed by atoms with E-state index in [1.165, 1.54) is 6.07 Å². The van der Waals surface area contributed by atoms with Gasteiger partial charge in [0.2, 0.25) is 0 Å². The first-order chi connectivity index (χ1) is 12.1. The van der Waals surface area contributed by atoms with Crippen LogP contribution >= 0.6 is 0 Å². The Bertz CT molecular complexity index is 911. The van der Waals surface area contributed by atoms with Crippen LogP contribution in [0.4, 0.5) is 14.5 Å². The predicted molar refractivity (Wildman–Crippen MR) is 93.6 cm³/mol. The third kappa shape index (κ3) is 3.94. The number of fused-ring (bicyclic) bond motifs is 1. The van der Waals surface area contributed by atoms with Gasteiger partial charge in [0.25, 0.3) is 5.91 Å². The number of halogens is 2. The number of hydrogen-bond donors (Lipinski definition) is 1. The van der Waals surface area contributed by atoms with Gasteiger partial charge >= 0.3 is 0 Å². The minimum absolute atomic E-state index is 0.185. The van der Waals surface area contributed by atoms with E-state index >= 15 is 0 Å². The quantitative estimate of drug-likeness (QED) is 0.716. The van der Waals surface area contributed by atoms with Crippen LogP contribution in [0.1, 0.15) is 13.3 Å². The minimum atomic E-state index is -1.01. The molecule has 0 aromatic heterocycles. The van der Waals surface area contributed by atoms with Crippen molar-refractivity contribution in [2.24, 2.45) is 0 Å². The molecule has 0 unspecified atom stereocenters. The molecule has 1 atom stereocenters. The lowest BCUT2D eigenvalue weighted by molar-refractivity contribution is -0.122. The molecule has 0 aliphatic heterocycles.